The van der Waals surface area contributed by atoms with Gasteiger partial charge in [-0.15, -0.1) is 0 Å². The van der Waals surface area contributed by atoms with Crippen molar-refractivity contribution in [2.45, 2.75) is 53.1 Å². The number of carbonyl (C=O) groups is 1. The Morgan fingerprint density at radius 1 is 1.18 bits per heavy atom. The molecule has 2 rings (SSSR count). The van der Waals surface area contributed by atoms with Crippen molar-refractivity contribution >= 4 is 11.9 Å². The molecule has 2 aliphatic rings. The lowest BCUT2D eigenvalue weighted by atomic mass is 9.84. The molecule has 1 saturated heterocycles. The molecule has 4 nitrogen and oxygen atoms in total. The summed E-state index contributed by atoms with van der Waals surface area (Å²) in [5, 5.41) is 0. The molecular formula is C13H23N3O. The molecule has 0 radical (unpaired) electrons. The van der Waals surface area contributed by atoms with E-state index in [0.717, 1.165) is 19.0 Å². The number of guanidine groups is 1. The minimum absolute atomic E-state index is 0.0722. The van der Waals surface area contributed by atoms with Crippen LogP contribution in [0.15, 0.2) is 4.99 Å². The average Bonchev–Trinajstić information content (AvgIpc) is 2.63. The second kappa shape index (κ2) is 3.47. The van der Waals surface area contributed by atoms with Crippen molar-refractivity contribution in [3.8, 4) is 0 Å². The lowest BCUT2D eigenvalue weighted by Gasteiger charge is -2.41. The van der Waals surface area contributed by atoms with Crippen LogP contribution in [0.4, 0.5) is 0 Å². The van der Waals surface area contributed by atoms with E-state index in [0.29, 0.717) is 0 Å². The second-order valence-electron chi connectivity index (χ2n) is 6.98. The van der Waals surface area contributed by atoms with Crippen molar-refractivity contribution in [2.75, 3.05) is 13.1 Å². The molecule has 1 fully saturated rings. The van der Waals surface area contributed by atoms with Crippen LogP contribution >= 0.6 is 0 Å². The smallest absolute Gasteiger partial charge is 0.252 e. The third-order valence-corrected chi connectivity index (χ3v) is 3.33. The third kappa shape index (κ3) is 1.83. The number of fused-ring (bicyclic) bond motifs is 1. The van der Waals surface area contributed by atoms with Crippen LogP contribution in [-0.4, -0.2) is 46.3 Å². The molecule has 1 atom stereocenters. The maximum Gasteiger partial charge on any atom is 0.252 e. The summed E-state index contributed by atoms with van der Waals surface area (Å²) >= 11 is 0. The van der Waals surface area contributed by atoms with Gasteiger partial charge in [-0.05, 0) is 26.2 Å². The first-order chi connectivity index (χ1) is 7.64. The quantitative estimate of drug-likeness (QED) is 0.643. The van der Waals surface area contributed by atoms with E-state index in [2.05, 4.69) is 51.4 Å². The monoisotopic (exact) mass is 237 g/mol. The molecule has 17 heavy (non-hydrogen) atoms. The maximum absolute atomic E-state index is 12.5. The van der Waals surface area contributed by atoms with Crippen LogP contribution in [-0.2, 0) is 4.79 Å². The van der Waals surface area contributed by atoms with Gasteiger partial charge in [0.25, 0.3) is 5.91 Å². The molecular weight excluding hydrogens is 214 g/mol. The standard InChI is InChI=1S/C13H23N3O/c1-12(2,3)9-10(17)15-8-7-14-11(15)16(9)13(4,5)6/h9H,7-8H2,1-6H3. The fourth-order valence-electron chi connectivity index (χ4n) is 2.67. The molecule has 2 heterocycles. The number of aliphatic imine (C=N–C) groups is 1. The molecule has 96 valence electrons. The molecule has 0 aromatic rings. The number of nitrogens with zero attached hydrogens (tertiary/aromatic N) is 3. The predicted octanol–water partition coefficient (Wildman–Crippen LogP) is 1.71. The van der Waals surface area contributed by atoms with E-state index in [9.17, 15) is 4.79 Å². The van der Waals surface area contributed by atoms with Crippen molar-refractivity contribution in [2.24, 2.45) is 10.4 Å². The van der Waals surface area contributed by atoms with E-state index in [1.807, 2.05) is 4.90 Å². The van der Waals surface area contributed by atoms with Crippen LogP contribution in [0.1, 0.15) is 41.5 Å². The first kappa shape index (κ1) is 12.4. The summed E-state index contributed by atoms with van der Waals surface area (Å²) in [7, 11) is 0. The minimum atomic E-state index is -0.0958. The number of carbonyl (C=O) groups excluding carboxylic acids is 1. The van der Waals surface area contributed by atoms with E-state index in [1.54, 1.807) is 0 Å². The molecule has 0 saturated carbocycles. The Balaban J connectivity index is 2.47. The molecule has 1 unspecified atom stereocenters. The minimum Gasteiger partial charge on any atom is -0.325 e. The van der Waals surface area contributed by atoms with E-state index < -0.39 is 0 Å². The molecule has 0 aliphatic carbocycles. The summed E-state index contributed by atoms with van der Waals surface area (Å²) in [6.07, 6.45) is 0. The fourth-order valence-corrected chi connectivity index (χ4v) is 2.67. The summed E-state index contributed by atoms with van der Waals surface area (Å²) in [6, 6.07) is -0.0958. The SMILES string of the molecule is CC(C)(C)C1C(=O)N2CCN=C2N1C(C)(C)C. The van der Waals surface area contributed by atoms with Gasteiger partial charge in [-0.2, -0.15) is 0 Å². The molecule has 2 aliphatic heterocycles. The van der Waals surface area contributed by atoms with Gasteiger partial charge in [-0.1, -0.05) is 20.8 Å². The summed E-state index contributed by atoms with van der Waals surface area (Å²) < 4.78 is 0. The predicted molar refractivity (Wildman–Crippen MR) is 68.9 cm³/mol. The fraction of sp³-hybridized carbons (Fsp3) is 0.846. The third-order valence-electron chi connectivity index (χ3n) is 3.33. The van der Waals surface area contributed by atoms with Crippen LogP contribution in [0.3, 0.4) is 0 Å². The molecule has 1 amide bonds. The van der Waals surface area contributed by atoms with Crippen molar-refractivity contribution in [3.63, 3.8) is 0 Å². The zero-order valence-corrected chi connectivity index (χ0v) is 11.7. The number of rotatable bonds is 0. The van der Waals surface area contributed by atoms with Gasteiger partial charge in [-0.25, -0.2) is 0 Å². The van der Waals surface area contributed by atoms with Crippen LogP contribution in [0.2, 0.25) is 0 Å². The van der Waals surface area contributed by atoms with Gasteiger partial charge in [0.05, 0.1) is 6.54 Å². The largest absolute Gasteiger partial charge is 0.325 e. The van der Waals surface area contributed by atoms with E-state index in [1.165, 1.54) is 0 Å². The zero-order valence-electron chi connectivity index (χ0n) is 11.7. The highest BCUT2D eigenvalue weighted by Gasteiger charge is 2.53. The van der Waals surface area contributed by atoms with Gasteiger partial charge in [0.15, 0.2) is 0 Å². The normalized spacial score (nSPS) is 25.4. The first-order valence-corrected chi connectivity index (χ1v) is 6.29. The average molecular weight is 237 g/mol. The Labute approximate surface area is 104 Å². The Morgan fingerprint density at radius 2 is 1.76 bits per heavy atom. The van der Waals surface area contributed by atoms with Gasteiger partial charge in [0.1, 0.15) is 6.04 Å². The molecule has 0 aromatic carbocycles. The maximum atomic E-state index is 12.5. The topological polar surface area (TPSA) is 35.9 Å². The molecule has 0 spiro atoms. The number of hydrogen-bond donors (Lipinski definition) is 0. The van der Waals surface area contributed by atoms with Crippen molar-refractivity contribution < 1.29 is 4.79 Å². The highest BCUT2D eigenvalue weighted by atomic mass is 16.2. The lowest BCUT2D eigenvalue weighted by Crippen LogP contribution is -2.53. The number of hydrogen-bond acceptors (Lipinski definition) is 3. The van der Waals surface area contributed by atoms with Gasteiger partial charge in [-0.3, -0.25) is 14.7 Å². The number of amides is 1. The van der Waals surface area contributed by atoms with Crippen LogP contribution in [0.5, 0.6) is 0 Å². The Morgan fingerprint density at radius 3 is 2.24 bits per heavy atom. The van der Waals surface area contributed by atoms with Crippen LogP contribution in [0.25, 0.3) is 0 Å². The molecule has 0 bridgehead atoms. The van der Waals surface area contributed by atoms with Crippen LogP contribution < -0.4 is 0 Å². The van der Waals surface area contributed by atoms with E-state index in [-0.39, 0.29) is 22.9 Å². The highest BCUT2D eigenvalue weighted by molar-refractivity contribution is 6.08. The van der Waals surface area contributed by atoms with Gasteiger partial charge in [0, 0.05) is 12.1 Å². The lowest BCUT2D eigenvalue weighted by molar-refractivity contribution is -0.131. The summed E-state index contributed by atoms with van der Waals surface area (Å²) in [4.78, 5) is 21.0. The molecule has 4 heteroatoms. The Hall–Kier alpha value is -1.06. The Kier molecular flexibility index (Phi) is 2.53. The van der Waals surface area contributed by atoms with Crippen molar-refractivity contribution in [1.82, 2.24) is 9.80 Å². The van der Waals surface area contributed by atoms with Crippen LogP contribution in [0, 0.1) is 5.41 Å². The summed E-state index contributed by atoms with van der Waals surface area (Å²) in [6.45, 7) is 14.3. The van der Waals surface area contributed by atoms with Gasteiger partial charge >= 0.3 is 0 Å². The van der Waals surface area contributed by atoms with Gasteiger partial charge < -0.3 is 4.90 Å². The Bertz CT molecular complexity index is 373. The second-order valence-corrected chi connectivity index (χ2v) is 6.98. The van der Waals surface area contributed by atoms with Gasteiger partial charge in [0.2, 0.25) is 5.96 Å². The first-order valence-electron chi connectivity index (χ1n) is 6.29. The van der Waals surface area contributed by atoms with Crippen molar-refractivity contribution in [3.05, 3.63) is 0 Å². The van der Waals surface area contributed by atoms with E-state index in [4.69, 9.17) is 0 Å². The summed E-state index contributed by atoms with van der Waals surface area (Å²) in [5.41, 5.74) is -0.150. The van der Waals surface area contributed by atoms with Crippen molar-refractivity contribution in [1.29, 1.82) is 0 Å². The summed E-state index contributed by atoms with van der Waals surface area (Å²) in [5.74, 6) is 1.09. The van der Waals surface area contributed by atoms with E-state index >= 15 is 0 Å². The molecule has 0 aromatic heterocycles. The zero-order chi connectivity index (χ0) is 13.0. The highest BCUT2D eigenvalue weighted by Crippen LogP contribution is 2.37. The molecule has 0 N–H and O–H groups in total.